The van der Waals surface area contributed by atoms with Crippen LogP contribution in [0.4, 0.5) is 8.78 Å². The van der Waals surface area contributed by atoms with Gasteiger partial charge in [0.05, 0.1) is 12.8 Å². The molecule has 0 spiro atoms. The molecule has 0 saturated heterocycles. The summed E-state index contributed by atoms with van der Waals surface area (Å²) in [7, 11) is 0. The number of hydrogen-bond acceptors (Lipinski definition) is 3. The summed E-state index contributed by atoms with van der Waals surface area (Å²) in [6.45, 7) is -0.669. The van der Waals surface area contributed by atoms with Crippen LogP contribution < -0.4 is 4.74 Å². The van der Waals surface area contributed by atoms with Crippen LogP contribution in [0.1, 0.15) is 12.0 Å². The topological polar surface area (TPSA) is 42.4 Å². The van der Waals surface area contributed by atoms with Gasteiger partial charge in [0.25, 0.3) is 6.43 Å². The lowest BCUT2D eigenvalue weighted by Crippen LogP contribution is -2.07. The molecule has 3 nitrogen and oxygen atoms in total. The molecule has 5 heteroatoms. The second kappa shape index (κ2) is 6.75. The van der Waals surface area contributed by atoms with Crippen LogP contribution in [0.5, 0.6) is 5.75 Å². The summed E-state index contributed by atoms with van der Waals surface area (Å²) in [6, 6.07) is 1.53. The highest BCUT2D eigenvalue weighted by molar-refractivity contribution is 5.36. The van der Waals surface area contributed by atoms with Gasteiger partial charge in [-0.25, -0.2) is 8.78 Å². The highest BCUT2D eigenvalue weighted by Gasteiger charge is 2.03. The van der Waals surface area contributed by atoms with Crippen molar-refractivity contribution in [3.63, 3.8) is 0 Å². The molecule has 1 N–H and O–H groups in total. The fourth-order valence-corrected chi connectivity index (χ4v) is 0.946. The Morgan fingerprint density at radius 2 is 2.25 bits per heavy atom. The number of alkyl halides is 2. The fraction of sp³-hybridized carbons (Fsp3) is 0.364. The van der Waals surface area contributed by atoms with Crippen molar-refractivity contribution < 1.29 is 18.6 Å². The lowest BCUT2D eigenvalue weighted by molar-refractivity contribution is 0.0817. The summed E-state index contributed by atoms with van der Waals surface area (Å²) in [5.74, 6) is 5.69. The Balaban J connectivity index is 2.61. The van der Waals surface area contributed by atoms with Crippen molar-refractivity contribution in [1.29, 1.82) is 0 Å². The Bertz CT molecular complexity index is 385. The van der Waals surface area contributed by atoms with Gasteiger partial charge in [-0.1, -0.05) is 11.8 Å². The van der Waals surface area contributed by atoms with Crippen LogP contribution in [0.25, 0.3) is 0 Å². The molecule has 0 atom stereocenters. The van der Waals surface area contributed by atoms with Crippen molar-refractivity contribution in [3.8, 4) is 17.6 Å². The van der Waals surface area contributed by atoms with Gasteiger partial charge in [-0.2, -0.15) is 0 Å². The molecule has 0 fully saturated rings. The zero-order valence-electron chi connectivity index (χ0n) is 8.49. The predicted octanol–water partition coefficient (Wildman–Crippen LogP) is 1.46. The van der Waals surface area contributed by atoms with Crippen molar-refractivity contribution in [1.82, 2.24) is 4.98 Å². The summed E-state index contributed by atoms with van der Waals surface area (Å²) >= 11 is 0. The van der Waals surface area contributed by atoms with E-state index in [4.69, 9.17) is 9.84 Å². The first-order valence-electron chi connectivity index (χ1n) is 4.68. The quantitative estimate of drug-likeness (QED) is 0.792. The third kappa shape index (κ3) is 4.71. The molecule has 1 rings (SSSR count). The zero-order valence-corrected chi connectivity index (χ0v) is 8.49. The van der Waals surface area contributed by atoms with Gasteiger partial charge in [0, 0.05) is 18.2 Å². The molecular formula is C11H11F2NO2. The summed E-state index contributed by atoms with van der Waals surface area (Å²) < 4.78 is 28.5. The lowest BCUT2D eigenvalue weighted by atomic mass is 10.2. The largest absolute Gasteiger partial charge is 0.486 e. The average Bonchev–Trinajstić information content (AvgIpc) is 2.27. The van der Waals surface area contributed by atoms with Crippen molar-refractivity contribution in [2.45, 2.75) is 12.8 Å². The maximum absolute atomic E-state index is 11.9. The normalized spacial score (nSPS) is 9.75. The molecule has 0 unspecified atom stereocenters. The minimum atomic E-state index is -2.51. The summed E-state index contributed by atoms with van der Waals surface area (Å²) in [5, 5.41) is 8.52. The fourth-order valence-electron chi connectivity index (χ4n) is 0.946. The second-order valence-electron chi connectivity index (χ2n) is 2.89. The number of ether oxygens (including phenoxy) is 1. The second-order valence-corrected chi connectivity index (χ2v) is 2.89. The summed E-state index contributed by atoms with van der Waals surface area (Å²) in [4.78, 5) is 3.81. The zero-order chi connectivity index (χ0) is 11.8. The number of halogens is 2. The van der Waals surface area contributed by atoms with Crippen molar-refractivity contribution in [2.24, 2.45) is 0 Å². The maximum atomic E-state index is 11.9. The van der Waals surface area contributed by atoms with Gasteiger partial charge in [-0.3, -0.25) is 4.98 Å². The Kier molecular flexibility index (Phi) is 5.23. The Morgan fingerprint density at radius 1 is 1.44 bits per heavy atom. The smallest absolute Gasteiger partial charge is 0.272 e. The number of hydrogen-bond donors (Lipinski definition) is 1. The van der Waals surface area contributed by atoms with Crippen molar-refractivity contribution in [3.05, 3.63) is 24.0 Å². The van der Waals surface area contributed by atoms with Gasteiger partial charge in [0.2, 0.25) is 0 Å². The van der Waals surface area contributed by atoms with Gasteiger partial charge < -0.3 is 9.84 Å². The van der Waals surface area contributed by atoms with E-state index in [0.717, 1.165) is 0 Å². The molecule has 0 saturated carbocycles. The molecule has 1 aromatic heterocycles. The standard InChI is InChI=1S/C11H11F2NO2/c12-11(13)8-16-10-5-9(6-14-7-10)3-1-2-4-15/h5-7,11,15H,2,4,8H2. The first-order chi connectivity index (χ1) is 7.72. The van der Waals surface area contributed by atoms with E-state index in [1.54, 1.807) is 0 Å². The average molecular weight is 227 g/mol. The third-order valence-corrected chi connectivity index (χ3v) is 1.56. The SMILES string of the molecule is OCCC#Cc1cncc(OCC(F)F)c1. The molecule has 86 valence electrons. The predicted molar refractivity (Wildman–Crippen MR) is 54.3 cm³/mol. The van der Waals surface area contributed by atoms with E-state index in [-0.39, 0.29) is 12.4 Å². The first kappa shape index (κ1) is 12.4. The molecule has 0 aromatic carbocycles. The molecule has 0 radical (unpaired) electrons. The van der Waals surface area contributed by atoms with Crippen LogP contribution in [-0.2, 0) is 0 Å². The number of rotatable bonds is 4. The Morgan fingerprint density at radius 3 is 2.94 bits per heavy atom. The molecule has 1 heterocycles. The van der Waals surface area contributed by atoms with E-state index in [2.05, 4.69) is 16.8 Å². The van der Waals surface area contributed by atoms with E-state index in [0.29, 0.717) is 12.0 Å². The molecule has 0 amide bonds. The van der Waals surface area contributed by atoms with Crippen LogP contribution >= 0.6 is 0 Å². The molecule has 0 aliphatic heterocycles. The van der Waals surface area contributed by atoms with E-state index in [9.17, 15) is 8.78 Å². The van der Waals surface area contributed by atoms with E-state index in [1.165, 1.54) is 18.5 Å². The molecule has 0 aliphatic carbocycles. The van der Waals surface area contributed by atoms with E-state index in [1.807, 2.05) is 0 Å². The van der Waals surface area contributed by atoms with E-state index < -0.39 is 13.0 Å². The summed E-state index contributed by atoms with van der Waals surface area (Å²) in [6.07, 6.45) is 0.700. The van der Waals surface area contributed by atoms with Crippen LogP contribution in [-0.4, -0.2) is 29.7 Å². The number of pyridine rings is 1. The Hall–Kier alpha value is -1.67. The van der Waals surface area contributed by atoms with E-state index >= 15 is 0 Å². The monoisotopic (exact) mass is 227 g/mol. The van der Waals surface area contributed by atoms with Crippen molar-refractivity contribution in [2.75, 3.05) is 13.2 Å². The molecule has 0 aliphatic rings. The van der Waals surface area contributed by atoms with Crippen LogP contribution in [0.15, 0.2) is 18.5 Å². The van der Waals surface area contributed by atoms with Crippen LogP contribution in [0, 0.1) is 11.8 Å². The summed E-state index contributed by atoms with van der Waals surface area (Å²) in [5.41, 5.74) is 0.570. The van der Waals surface area contributed by atoms with Gasteiger partial charge in [-0.05, 0) is 6.07 Å². The van der Waals surface area contributed by atoms with Gasteiger partial charge in [-0.15, -0.1) is 0 Å². The molecular weight excluding hydrogens is 216 g/mol. The first-order valence-corrected chi connectivity index (χ1v) is 4.68. The van der Waals surface area contributed by atoms with Crippen LogP contribution in [0.3, 0.4) is 0 Å². The minimum absolute atomic E-state index is 0.0119. The minimum Gasteiger partial charge on any atom is -0.486 e. The number of nitrogens with zero attached hydrogens (tertiary/aromatic N) is 1. The number of aliphatic hydroxyl groups excluding tert-OH is 1. The Labute approximate surface area is 92.1 Å². The van der Waals surface area contributed by atoms with Gasteiger partial charge in [0.15, 0.2) is 0 Å². The third-order valence-electron chi connectivity index (χ3n) is 1.56. The highest BCUT2D eigenvalue weighted by atomic mass is 19.3. The molecule has 0 bridgehead atoms. The van der Waals surface area contributed by atoms with Crippen molar-refractivity contribution >= 4 is 0 Å². The maximum Gasteiger partial charge on any atom is 0.272 e. The molecule has 1 aromatic rings. The molecule has 16 heavy (non-hydrogen) atoms. The van der Waals surface area contributed by atoms with Gasteiger partial charge >= 0.3 is 0 Å². The highest BCUT2D eigenvalue weighted by Crippen LogP contribution is 2.11. The number of aromatic nitrogens is 1. The van der Waals surface area contributed by atoms with Gasteiger partial charge in [0.1, 0.15) is 12.4 Å². The number of aliphatic hydroxyl groups is 1. The van der Waals surface area contributed by atoms with Crippen LogP contribution in [0.2, 0.25) is 0 Å². The lowest BCUT2D eigenvalue weighted by Gasteiger charge is -2.04.